The summed E-state index contributed by atoms with van der Waals surface area (Å²) < 4.78 is 43.9. The molecule has 0 amide bonds. The standard InChI is InChI=1S/C18H21FN2O2S/c1-2-12-20-24(22,23)21-13-11-14-7-3-4-8-15(14)18(21)16-9-5-6-10-17(16)19/h3-10,18,20H,2,11-13H2,1H3. The molecule has 1 aliphatic heterocycles. The van der Waals surface area contributed by atoms with Gasteiger partial charge in [0.25, 0.3) is 10.2 Å². The summed E-state index contributed by atoms with van der Waals surface area (Å²) in [7, 11) is -3.69. The summed E-state index contributed by atoms with van der Waals surface area (Å²) in [5.74, 6) is -0.394. The fourth-order valence-electron chi connectivity index (χ4n) is 3.14. The van der Waals surface area contributed by atoms with Gasteiger partial charge in [-0.2, -0.15) is 12.7 Å². The molecule has 0 bridgehead atoms. The smallest absolute Gasteiger partial charge is 0.207 e. The number of hydrogen-bond donors (Lipinski definition) is 1. The zero-order chi connectivity index (χ0) is 17.2. The zero-order valence-corrected chi connectivity index (χ0v) is 14.4. The lowest BCUT2D eigenvalue weighted by molar-refractivity contribution is 0.332. The number of benzene rings is 2. The first-order valence-corrected chi connectivity index (χ1v) is 9.57. The molecule has 0 saturated heterocycles. The molecular formula is C18H21FN2O2S. The first-order chi connectivity index (χ1) is 11.5. The second-order valence-electron chi connectivity index (χ2n) is 5.88. The highest BCUT2D eigenvalue weighted by atomic mass is 32.2. The maximum Gasteiger partial charge on any atom is 0.280 e. The number of halogens is 1. The molecule has 2 aromatic carbocycles. The fourth-order valence-corrected chi connectivity index (χ4v) is 4.60. The summed E-state index contributed by atoms with van der Waals surface area (Å²) in [6.45, 7) is 2.60. The van der Waals surface area contributed by atoms with Crippen LogP contribution in [-0.4, -0.2) is 25.8 Å². The van der Waals surface area contributed by atoms with Crippen molar-refractivity contribution >= 4 is 10.2 Å². The minimum atomic E-state index is -3.69. The second kappa shape index (κ2) is 7.01. The van der Waals surface area contributed by atoms with E-state index in [-0.39, 0.29) is 0 Å². The Hall–Kier alpha value is -1.76. The van der Waals surface area contributed by atoms with E-state index in [0.29, 0.717) is 31.5 Å². The van der Waals surface area contributed by atoms with Crippen molar-refractivity contribution in [3.63, 3.8) is 0 Å². The highest BCUT2D eigenvalue weighted by Crippen LogP contribution is 2.37. The van der Waals surface area contributed by atoms with E-state index in [1.54, 1.807) is 18.2 Å². The maximum atomic E-state index is 14.4. The highest BCUT2D eigenvalue weighted by Gasteiger charge is 2.37. The van der Waals surface area contributed by atoms with E-state index in [1.165, 1.54) is 10.4 Å². The summed E-state index contributed by atoms with van der Waals surface area (Å²) in [5.41, 5.74) is 2.29. The quantitative estimate of drug-likeness (QED) is 0.903. The second-order valence-corrected chi connectivity index (χ2v) is 7.59. The minimum Gasteiger partial charge on any atom is -0.207 e. The SMILES string of the molecule is CCCNS(=O)(=O)N1CCc2ccccc2C1c1ccccc1F. The Labute approximate surface area is 142 Å². The molecule has 0 spiro atoms. The first-order valence-electron chi connectivity index (χ1n) is 8.13. The molecule has 0 saturated carbocycles. The van der Waals surface area contributed by atoms with Crippen LogP contribution in [0.5, 0.6) is 0 Å². The Bertz CT molecular complexity index is 823. The van der Waals surface area contributed by atoms with E-state index in [4.69, 9.17) is 0 Å². The molecule has 0 fully saturated rings. The van der Waals surface area contributed by atoms with E-state index < -0.39 is 22.1 Å². The zero-order valence-electron chi connectivity index (χ0n) is 13.6. The van der Waals surface area contributed by atoms with Gasteiger partial charge in [0, 0.05) is 18.7 Å². The van der Waals surface area contributed by atoms with Gasteiger partial charge in [-0.25, -0.2) is 9.11 Å². The van der Waals surface area contributed by atoms with Crippen LogP contribution in [0.25, 0.3) is 0 Å². The van der Waals surface area contributed by atoms with Crippen molar-refractivity contribution in [1.82, 2.24) is 9.03 Å². The van der Waals surface area contributed by atoms with Crippen LogP contribution in [0.4, 0.5) is 4.39 Å². The lowest BCUT2D eigenvalue weighted by atomic mass is 9.90. The van der Waals surface area contributed by atoms with Crippen molar-refractivity contribution < 1.29 is 12.8 Å². The molecule has 0 aromatic heterocycles. The summed E-state index contributed by atoms with van der Waals surface area (Å²) >= 11 is 0. The molecule has 0 aliphatic carbocycles. The topological polar surface area (TPSA) is 49.4 Å². The molecule has 1 heterocycles. The average Bonchev–Trinajstić information content (AvgIpc) is 2.59. The van der Waals surface area contributed by atoms with Crippen LogP contribution in [0.15, 0.2) is 48.5 Å². The molecule has 1 N–H and O–H groups in total. The van der Waals surface area contributed by atoms with Gasteiger partial charge in [0.15, 0.2) is 0 Å². The molecule has 1 aliphatic rings. The molecule has 0 radical (unpaired) electrons. The molecule has 6 heteroatoms. The predicted octanol–water partition coefficient (Wildman–Crippen LogP) is 3.02. The number of nitrogens with zero attached hydrogens (tertiary/aromatic N) is 1. The van der Waals surface area contributed by atoms with Gasteiger partial charge < -0.3 is 0 Å². The summed E-state index contributed by atoms with van der Waals surface area (Å²) in [6, 6.07) is 13.4. The number of fused-ring (bicyclic) bond motifs is 1. The van der Waals surface area contributed by atoms with Gasteiger partial charge in [0.05, 0.1) is 6.04 Å². The molecular weight excluding hydrogens is 327 g/mol. The Morgan fingerprint density at radius 1 is 1.12 bits per heavy atom. The Balaban J connectivity index is 2.11. The normalized spacial score (nSPS) is 18.3. The Morgan fingerprint density at radius 3 is 2.50 bits per heavy atom. The molecule has 4 nitrogen and oxygen atoms in total. The third kappa shape index (κ3) is 3.22. The Kier molecular flexibility index (Phi) is 4.99. The van der Waals surface area contributed by atoms with Crippen molar-refractivity contribution in [2.24, 2.45) is 0 Å². The van der Waals surface area contributed by atoms with Crippen LogP contribution in [-0.2, 0) is 16.6 Å². The number of hydrogen-bond acceptors (Lipinski definition) is 2. The van der Waals surface area contributed by atoms with Gasteiger partial charge in [-0.3, -0.25) is 0 Å². The van der Waals surface area contributed by atoms with E-state index in [9.17, 15) is 12.8 Å². The fraction of sp³-hybridized carbons (Fsp3) is 0.333. The van der Waals surface area contributed by atoms with Crippen LogP contribution >= 0.6 is 0 Å². The van der Waals surface area contributed by atoms with Crippen LogP contribution in [0.1, 0.15) is 36.1 Å². The van der Waals surface area contributed by atoms with Crippen molar-refractivity contribution in [2.45, 2.75) is 25.8 Å². The average molecular weight is 348 g/mol. The van der Waals surface area contributed by atoms with Crippen molar-refractivity contribution in [1.29, 1.82) is 0 Å². The molecule has 3 rings (SSSR count). The Morgan fingerprint density at radius 2 is 1.79 bits per heavy atom. The minimum absolute atomic E-state index is 0.328. The third-order valence-electron chi connectivity index (χ3n) is 4.28. The van der Waals surface area contributed by atoms with Gasteiger partial charge >= 0.3 is 0 Å². The monoisotopic (exact) mass is 348 g/mol. The maximum absolute atomic E-state index is 14.4. The van der Waals surface area contributed by atoms with Crippen LogP contribution in [0.2, 0.25) is 0 Å². The number of nitrogens with one attached hydrogen (secondary N) is 1. The predicted molar refractivity (Wildman–Crippen MR) is 92.3 cm³/mol. The van der Waals surface area contributed by atoms with E-state index in [1.807, 2.05) is 31.2 Å². The van der Waals surface area contributed by atoms with Gasteiger partial charge in [0.2, 0.25) is 0 Å². The van der Waals surface area contributed by atoms with Gasteiger partial charge in [-0.15, -0.1) is 0 Å². The van der Waals surface area contributed by atoms with Crippen molar-refractivity contribution in [3.05, 3.63) is 71.0 Å². The van der Waals surface area contributed by atoms with Crippen LogP contribution in [0, 0.1) is 5.82 Å². The highest BCUT2D eigenvalue weighted by molar-refractivity contribution is 7.87. The van der Waals surface area contributed by atoms with Crippen molar-refractivity contribution in [3.8, 4) is 0 Å². The van der Waals surface area contributed by atoms with Crippen LogP contribution in [0.3, 0.4) is 0 Å². The van der Waals surface area contributed by atoms with Gasteiger partial charge in [-0.1, -0.05) is 49.4 Å². The van der Waals surface area contributed by atoms with Gasteiger partial charge in [0.1, 0.15) is 5.82 Å². The van der Waals surface area contributed by atoms with Crippen LogP contribution < -0.4 is 4.72 Å². The molecule has 2 aromatic rings. The van der Waals surface area contributed by atoms with E-state index in [0.717, 1.165) is 11.1 Å². The van der Waals surface area contributed by atoms with E-state index >= 15 is 0 Å². The first kappa shape index (κ1) is 17.1. The summed E-state index contributed by atoms with van der Waals surface area (Å²) in [5, 5.41) is 0. The molecule has 1 unspecified atom stereocenters. The lowest BCUT2D eigenvalue weighted by Gasteiger charge is -2.36. The van der Waals surface area contributed by atoms with Crippen molar-refractivity contribution in [2.75, 3.05) is 13.1 Å². The largest absolute Gasteiger partial charge is 0.280 e. The van der Waals surface area contributed by atoms with Gasteiger partial charge in [-0.05, 0) is 30.0 Å². The summed E-state index contributed by atoms with van der Waals surface area (Å²) in [6.07, 6.45) is 1.32. The summed E-state index contributed by atoms with van der Waals surface area (Å²) in [4.78, 5) is 0. The third-order valence-corrected chi connectivity index (χ3v) is 5.86. The molecule has 1 atom stereocenters. The number of rotatable bonds is 5. The molecule has 24 heavy (non-hydrogen) atoms. The lowest BCUT2D eigenvalue weighted by Crippen LogP contribution is -2.46. The van der Waals surface area contributed by atoms with E-state index in [2.05, 4.69) is 4.72 Å². The molecule has 128 valence electrons.